The Labute approximate surface area is 162 Å². The summed E-state index contributed by atoms with van der Waals surface area (Å²) in [4.78, 5) is 38.9. The van der Waals surface area contributed by atoms with E-state index < -0.39 is 5.97 Å². The van der Waals surface area contributed by atoms with Crippen molar-refractivity contribution in [2.24, 2.45) is 5.92 Å². The average Bonchev–Trinajstić information content (AvgIpc) is 3.16. The second kappa shape index (κ2) is 8.35. The molecule has 1 saturated heterocycles. The van der Waals surface area contributed by atoms with Crippen molar-refractivity contribution < 1.29 is 19.1 Å². The molecule has 0 bridgehead atoms. The maximum atomic E-state index is 12.7. The molecule has 142 valence electrons. The van der Waals surface area contributed by atoms with Gasteiger partial charge in [0.1, 0.15) is 4.88 Å². The molecule has 1 fully saturated rings. The summed E-state index contributed by atoms with van der Waals surface area (Å²) in [6, 6.07) is 10.9. The zero-order valence-corrected chi connectivity index (χ0v) is 16.2. The van der Waals surface area contributed by atoms with Crippen LogP contribution in [-0.2, 0) is 9.53 Å². The minimum Gasteiger partial charge on any atom is -0.465 e. The Balaban J connectivity index is 1.55. The Kier molecular flexibility index (Phi) is 5.91. The van der Waals surface area contributed by atoms with Crippen molar-refractivity contribution in [2.45, 2.75) is 19.8 Å². The number of carbonyl (C=O) groups is 3. The van der Waals surface area contributed by atoms with Crippen molar-refractivity contribution in [3.05, 3.63) is 52.4 Å². The van der Waals surface area contributed by atoms with Gasteiger partial charge in [-0.05, 0) is 43.5 Å². The first-order valence-corrected chi connectivity index (χ1v) is 9.65. The molecular weight excluding hydrogens is 364 g/mol. The molecular formula is C20H22N2O4S. The van der Waals surface area contributed by atoms with E-state index in [4.69, 9.17) is 0 Å². The maximum absolute atomic E-state index is 12.7. The third kappa shape index (κ3) is 4.36. The molecule has 0 saturated carbocycles. The van der Waals surface area contributed by atoms with Gasteiger partial charge in [0.2, 0.25) is 5.91 Å². The van der Waals surface area contributed by atoms with Crippen molar-refractivity contribution >= 4 is 34.1 Å². The highest BCUT2D eigenvalue weighted by molar-refractivity contribution is 7.18. The van der Waals surface area contributed by atoms with Crippen molar-refractivity contribution in [2.75, 3.05) is 25.5 Å². The van der Waals surface area contributed by atoms with E-state index in [1.165, 1.54) is 18.4 Å². The van der Waals surface area contributed by atoms with E-state index in [-0.39, 0.29) is 17.7 Å². The molecule has 7 heteroatoms. The van der Waals surface area contributed by atoms with Crippen molar-refractivity contribution in [3.8, 4) is 0 Å². The fraction of sp³-hybridized carbons (Fsp3) is 0.350. The highest BCUT2D eigenvalue weighted by atomic mass is 32.1. The number of carbonyl (C=O) groups excluding carboxylic acids is 3. The number of hydrogen-bond donors (Lipinski definition) is 1. The van der Waals surface area contributed by atoms with Gasteiger partial charge in [-0.15, -0.1) is 11.3 Å². The molecule has 1 aliphatic heterocycles. The number of piperidine rings is 1. The number of methoxy groups -OCH3 is 1. The summed E-state index contributed by atoms with van der Waals surface area (Å²) in [5.41, 5.74) is 1.68. The molecule has 6 nitrogen and oxygen atoms in total. The molecule has 0 spiro atoms. The number of thiophene rings is 1. The summed E-state index contributed by atoms with van der Waals surface area (Å²) in [6.45, 7) is 3.04. The maximum Gasteiger partial charge on any atom is 0.348 e. The van der Waals surface area contributed by atoms with Crippen LogP contribution in [0.5, 0.6) is 0 Å². The summed E-state index contributed by atoms with van der Waals surface area (Å²) in [6.07, 6.45) is 1.25. The van der Waals surface area contributed by atoms with Crippen molar-refractivity contribution in [3.63, 3.8) is 0 Å². The summed E-state index contributed by atoms with van der Waals surface area (Å²) in [5.74, 6) is -0.609. The molecule has 2 heterocycles. The van der Waals surface area contributed by atoms with Crippen molar-refractivity contribution in [1.82, 2.24) is 4.90 Å². The van der Waals surface area contributed by atoms with E-state index in [0.29, 0.717) is 41.4 Å². The van der Waals surface area contributed by atoms with Gasteiger partial charge in [0, 0.05) is 24.6 Å². The predicted octanol–water partition coefficient (Wildman–Crippen LogP) is 3.33. The van der Waals surface area contributed by atoms with Gasteiger partial charge in [-0.25, -0.2) is 4.79 Å². The molecule has 2 amide bonds. The Morgan fingerprint density at radius 1 is 1.11 bits per heavy atom. The smallest absolute Gasteiger partial charge is 0.348 e. The van der Waals surface area contributed by atoms with Gasteiger partial charge in [-0.1, -0.05) is 18.2 Å². The number of aryl methyl sites for hydroxylation is 1. The second-order valence-corrected chi connectivity index (χ2v) is 7.61. The summed E-state index contributed by atoms with van der Waals surface area (Å²) in [5, 5.41) is 3.49. The Morgan fingerprint density at radius 3 is 2.48 bits per heavy atom. The molecule has 27 heavy (non-hydrogen) atoms. The third-order valence-electron chi connectivity index (χ3n) is 4.77. The van der Waals surface area contributed by atoms with Gasteiger partial charge >= 0.3 is 5.97 Å². The first-order chi connectivity index (χ1) is 13.0. The third-order valence-corrected chi connectivity index (χ3v) is 5.75. The van der Waals surface area contributed by atoms with Crippen molar-refractivity contribution in [1.29, 1.82) is 0 Å². The fourth-order valence-electron chi connectivity index (χ4n) is 3.17. The van der Waals surface area contributed by atoms with E-state index >= 15 is 0 Å². The molecule has 1 aliphatic rings. The van der Waals surface area contributed by atoms with Crippen LogP contribution in [0.1, 0.15) is 38.4 Å². The van der Waals surface area contributed by atoms with Crippen LogP contribution in [0, 0.1) is 12.8 Å². The van der Waals surface area contributed by atoms with Gasteiger partial charge in [0.25, 0.3) is 5.91 Å². The number of amides is 2. The van der Waals surface area contributed by atoms with Crippen LogP contribution in [0.3, 0.4) is 0 Å². The van der Waals surface area contributed by atoms with Gasteiger partial charge < -0.3 is 15.0 Å². The predicted molar refractivity (Wildman–Crippen MR) is 104 cm³/mol. The van der Waals surface area contributed by atoms with E-state index in [1.807, 2.05) is 36.1 Å². The molecule has 0 aliphatic carbocycles. The number of nitrogens with one attached hydrogen (secondary N) is 1. The molecule has 0 atom stereocenters. The topological polar surface area (TPSA) is 75.7 Å². The molecule has 1 N–H and O–H groups in total. The highest BCUT2D eigenvalue weighted by Crippen LogP contribution is 2.26. The van der Waals surface area contributed by atoms with Crippen LogP contribution in [0.25, 0.3) is 0 Å². The van der Waals surface area contributed by atoms with Gasteiger partial charge in [0.05, 0.1) is 12.1 Å². The lowest BCUT2D eigenvalue weighted by molar-refractivity contribution is -0.121. The average molecular weight is 386 g/mol. The van der Waals surface area contributed by atoms with E-state index in [0.717, 1.165) is 5.56 Å². The second-order valence-electron chi connectivity index (χ2n) is 6.53. The summed E-state index contributed by atoms with van der Waals surface area (Å²) >= 11 is 1.19. The molecule has 1 aromatic heterocycles. The Morgan fingerprint density at radius 2 is 1.81 bits per heavy atom. The number of anilines is 1. The summed E-state index contributed by atoms with van der Waals surface area (Å²) in [7, 11) is 1.33. The number of esters is 1. The number of nitrogens with zero attached hydrogens (tertiary/aromatic N) is 1. The number of hydrogen-bond acceptors (Lipinski definition) is 5. The van der Waals surface area contributed by atoms with E-state index in [2.05, 4.69) is 10.1 Å². The SMILES string of the molecule is COC(=O)c1ccc(NC(=O)C2CCN(C(=O)c3ccccc3C)CC2)s1. The van der Waals surface area contributed by atoms with Gasteiger partial charge in [-0.3, -0.25) is 9.59 Å². The van der Waals surface area contributed by atoms with Crippen LogP contribution >= 0.6 is 11.3 Å². The van der Waals surface area contributed by atoms with Crippen LogP contribution in [0.15, 0.2) is 36.4 Å². The lowest BCUT2D eigenvalue weighted by atomic mass is 9.95. The van der Waals surface area contributed by atoms with Crippen LogP contribution in [0.2, 0.25) is 0 Å². The zero-order valence-electron chi connectivity index (χ0n) is 15.4. The molecule has 2 aromatic rings. The largest absolute Gasteiger partial charge is 0.465 e. The first-order valence-electron chi connectivity index (χ1n) is 8.83. The molecule has 3 rings (SSSR count). The lowest BCUT2D eigenvalue weighted by Gasteiger charge is -2.31. The highest BCUT2D eigenvalue weighted by Gasteiger charge is 2.28. The number of ether oxygens (including phenoxy) is 1. The number of benzene rings is 1. The number of rotatable bonds is 4. The Bertz CT molecular complexity index is 853. The molecule has 0 radical (unpaired) electrons. The molecule has 1 aromatic carbocycles. The first kappa shape index (κ1) is 19.1. The normalized spacial score (nSPS) is 14.7. The minimum absolute atomic E-state index is 0.0212. The van der Waals surface area contributed by atoms with E-state index in [9.17, 15) is 14.4 Å². The molecule has 0 unspecified atom stereocenters. The Hall–Kier alpha value is -2.67. The minimum atomic E-state index is -0.413. The van der Waals surface area contributed by atoms with Gasteiger partial charge in [-0.2, -0.15) is 0 Å². The fourth-order valence-corrected chi connectivity index (χ4v) is 3.99. The van der Waals surface area contributed by atoms with Crippen LogP contribution in [0.4, 0.5) is 5.00 Å². The van der Waals surface area contributed by atoms with Crippen LogP contribution < -0.4 is 5.32 Å². The summed E-state index contributed by atoms with van der Waals surface area (Å²) < 4.78 is 4.67. The van der Waals surface area contributed by atoms with Crippen LogP contribution in [-0.4, -0.2) is 42.9 Å². The standard InChI is InChI=1S/C20H22N2O4S/c1-13-5-3-4-6-15(13)19(24)22-11-9-14(10-12-22)18(23)21-17-8-7-16(27-17)20(25)26-2/h3-8,14H,9-12H2,1-2H3,(H,21,23). The monoisotopic (exact) mass is 386 g/mol. The van der Waals surface area contributed by atoms with E-state index in [1.54, 1.807) is 12.1 Å². The zero-order chi connectivity index (χ0) is 19.4. The number of likely N-dealkylation sites (tertiary alicyclic amines) is 1. The van der Waals surface area contributed by atoms with Gasteiger partial charge in [0.15, 0.2) is 0 Å². The quantitative estimate of drug-likeness (QED) is 0.818. The lowest BCUT2D eigenvalue weighted by Crippen LogP contribution is -2.41.